The Morgan fingerprint density at radius 3 is 1.88 bits per heavy atom. The zero-order chi connectivity index (χ0) is 17.4. The van der Waals surface area contributed by atoms with E-state index in [1.165, 1.54) is 33.2 Å². The number of anilines is 1. The molecule has 0 unspecified atom stereocenters. The predicted octanol–water partition coefficient (Wildman–Crippen LogP) is 6.22. The van der Waals surface area contributed by atoms with E-state index >= 15 is 0 Å². The van der Waals surface area contributed by atoms with Gasteiger partial charge in [-0.05, 0) is 34.0 Å². The van der Waals surface area contributed by atoms with Crippen LogP contribution in [0.5, 0.6) is 0 Å². The number of hydrogen-bond acceptors (Lipinski definition) is 1. The first-order valence-corrected chi connectivity index (χ1v) is 8.97. The Balaban J connectivity index is 1.75. The molecule has 1 heteroatoms. The van der Waals surface area contributed by atoms with Crippen molar-refractivity contribution in [3.05, 3.63) is 120 Å². The molecule has 4 aromatic carbocycles. The molecule has 0 saturated carbocycles. The molecule has 1 N–H and O–H groups in total. The van der Waals surface area contributed by atoms with Crippen LogP contribution in [-0.4, -0.2) is 0 Å². The van der Waals surface area contributed by atoms with Gasteiger partial charge < -0.3 is 5.32 Å². The molecule has 1 heterocycles. The van der Waals surface area contributed by atoms with Gasteiger partial charge in [0.25, 0.3) is 0 Å². The van der Waals surface area contributed by atoms with Gasteiger partial charge in [-0.15, -0.1) is 0 Å². The molecule has 0 amide bonds. The zero-order valence-corrected chi connectivity index (χ0v) is 14.4. The van der Waals surface area contributed by atoms with Crippen molar-refractivity contribution in [2.24, 2.45) is 0 Å². The Labute approximate surface area is 153 Å². The van der Waals surface area contributed by atoms with E-state index in [-0.39, 0.29) is 5.54 Å². The van der Waals surface area contributed by atoms with Crippen LogP contribution in [0, 0.1) is 0 Å². The molecule has 4 aromatic rings. The van der Waals surface area contributed by atoms with Gasteiger partial charge in [0, 0.05) is 11.3 Å². The molecule has 0 aromatic heterocycles. The Morgan fingerprint density at radius 1 is 0.577 bits per heavy atom. The summed E-state index contributed by atoms with van der Waals surface area (Å²) in [6.45, 7) is 0. The van der Waals surface area contributed by atoms with E-state index in [4.69, 9.17) is 0 Å². The summed E-state index contributed by atoms with van der Waals surface area (Å²) in [7, 11) is 0. The normalized spacial score (nSPS) is 14.6. The zero-order valence-electron chi connectivity index (χ0n) is 14.4. The molecular formula is C25H19N. The summed E-state index contributed by atoms with van der Waals surface area (Å²) >= 11 is 0. The first-order chi connectivity index (χ1) is 12.9. The van der Waals surface area contributed by atoms with Crippen LogP contribution in [0.15, 0.2) is 103 Å². The van der Waals surface area contributed by atoms with E-state index in [9.17, 15) is 0 Å². The fourth-order valence-corrected chi connectivity index (χ4v) is 3.95. The Hall–Kier alpha value is -3.32. The highest BCUT2D eigenvalue weighted by atomic mass is 15.0. The summed E-state index contributed by atoms with van der Waals surface area (Å²) in [6, 6.07) is 34.3. The van der Waals surface area contributed by atoms with Crippen LogP contribution in [0.2, 0.25) is 0 Å². The third kappa shape index (κ3) is 2.25. The minimum Gasteiger partial charge on any atom is -0.368 e. The maximum atomic E-state index is 3.85. The molecule has 0 saturated heterocycles. The predicted molar refractivity (Wildman–Crippen MR) is 110 cm³/mol. The van der Waals surface area contributed by atoms with Crippen LogP contribution in [-0.2, 0) is 5.54 Å². The summed E-state index contributed by atoms with van der Waals surface area (Å²) in [5.74, 6) is 0. The lowest BCUT2D eigenvalue weighted by Crippen LogP contribution is -2.36. The molecule has 0 atom stereocenters. The van der Waals surface area contributed by atoms with Gasteiger partial charge in [0.15, 0.2) is 0 Å². The minimum absolute atomic E-state index is 0.363. The molecule has 0 aliphatic carbocycles. The highest BCUT2D eigenvalue weighted by Gasteiger charge is 2.34. The van der Waals surface area contributed by atoms with Crippen molar-refractivity contribution in [1.29, 1.82) is 0 Å². The van der Waals surface area contributed by atoms with Crippen molar-refractivity contribution in [2.45, 2.75) is 5.54 Å². The number of benzene rings is 4. The summed E-state index contributed by atoms with van der Waals surface area (Å²) in [6.07, 6.45) is 4.57. The third-order valence-electron chi connectivity index (χ3n) is 5.26. The monoisotopic (exact) mass is 333 g/mol. The first-order valence-electron chi connectivity index (χ1n) is 8.97. The largest absolute Gasteiger partial charge is 0.368 e. The molecule has 5 rings (SSSR count). The highest BCUT2D eigenvalue weighted by molar-refractivity contribution is 5.97. The van der Waals surface area contributed by atoms with Gasteiger partial charge in [0.05, 0.1) is 0 Å². The van der Waals surface area contributed by atoms with Crippen LogP contribution in [0.25, 0.3) is 16.8 Å². The van der Waals surface area contributed by atoms with Gasteiger partial charge in [-0.2, -0.15) is 0 Å². The van der Waals surface area contributed by atoms with Crippen LogP contribution in [0.3, 0.4) is 0 Å². The van der Waals surface area contributed by atoms with Crippen molar-refractivity contribution >= 4 is 22.5 Å². The molecule has 1 aliphatic heterocycles. The number of fused-ring (bicyclic) bond motifs is 3. The van der Waals surface area contributed by atoms with Crippen LogP contribution in [0.4, 0.5) is 5.69 Å². The summed E-state index contributed by atoms with van der Waals surface area (Å²) < 4.78 is 0. The Kier molecular flexibility index (Phi) is 3.39. The molecular weight excluding hydrogens is 314 g/mol. The van der Waals surface area contributed by atoms with Crippen molar-refractivity contribution < 1.29 is 0 Å². The van der Waals surface area contributed by atoms with Crippen molar-refractivity contribution in [3.63, 3.8) is 0 Å². The fourth-order valence-electron chi connectivity index (χ4n) is 3.95. The third-order valence-corrected chi connectivity index (χ3v) is 5.26. The molecule has 26 heavy (non-hydrogen) atoms. The first kappa shape index (κ1) is 15.0. The van der Waals surface area contributed by atoms with Gasteiger partial charge in [-0.3, -0.25) is 0 Å². The van der Waals surface area contributed by atoms with Crippen molar-refractivity contribution in [3.8, 4) is 0 Å². The number of hydrogen-bond donors (Lipinski definition) is 1. The van der Waals surface area contributed by atoms with Crippen molar-refractivity contribution in [1.82, 2.24) is 0 Å². The number of nitrogens with one attached hydrogen (secondary N) is 1. The van der Waals surface area contributed by atoms with E-state index in [1.807, 2.05) is 0 Å². The van der Waals surface area contributed by atoms with E-state index in [1.54, 1.807) is 0 Å². The van der Waals surface area contributed by atoms with E-state index < -0.39 is 0 Å². The molecule has 0 spiro atoms. The molecule has 0 fully saturated rings. The minimum atomic E-state index is -0.363. The van der Waals surface area contributed by atoms with E-state index in [0.717, 1.165) is 0 Å². The SMILES string of the molecule is C1=CC(c2ccccc2)(c2ccccc2)Nc2ccc3ccccc3c21. The average Bonchev–Trinajstić information content (AvgIpc) is 2.74. The maximum absolute atomic E-state index is 3.85. The second-order valence-corrected chi connectivity index (χ2v) is 6.75. The topological polar surface area (TPSA) is 12.0 Å². The summed E-state index contributed by atoms with van der Waals surface area (Å²) in [4.78, 5) is 0. The Bertz CT molecular complexity index is 1060. The lowest BCUT2D eigenvalue weighted by molar-refractivity contribution is 0.742. The maximum Gasteiger partial charge on any atom is 0.107 e. The van der Waals surface area contributed by atoms with Crippen molar-refractivity contribution in [2.75, 3.05) is 5.32 Å². The smallest absolute Gasteiger partial charge is 0.107 e. The van der Waals surface area contributed by atoms with Gasteiger partial charge in [0.2, 0.25) is 0 Å². The highest BCUT2D eigenvalue weighted by Crippen LogP contribution is 2.42. The van der Waals surface area contributed by atoms with Crippen LogP contribution >= 0.6 is 0 Å². The fraction of sp³-hybridized carbons (Fsp3) is 0.0400. The quantitative estimate of drug-likeness (QED) is 0.459. The Morgan fingerprint density at radius 2 is 1.19 bits per heavy atom. The van der Waals surface area contributed by atoms with Gasteiger partial charge in [-0.25, -0.2) is 0 Å². The number of rotatable bonds is 2. The second kappa shape index (κ2) is 5.89. The van der Waals surface area contributed by atoms with Crippen LogP contribution < -0.4 is 5.32 Å². The molecule has 1 aliphatic rings. The van der Waals surface area contributed by atoms with Gasteiger partial charge in [-0.1, -0.05) is 97.1 Å². The summed E-state index contributed by atoms with van der Waals surface area (Å²) in [5, 5.41) is 6.40. The molecule has 124 valence electrons. The van der Waals surface area contributed by atoms with Gasteiger partial charge in [0.1, 0.15) is 5.54 Å². The molecule has 0 bridgehead atoms. The standard InChI is InChI=1S/C25H19N/c1-3-10-20(11-4-1)25(21-12-5-2-6-13-21)18-17-23-22-14-8-7-9-19(22)15-16-24(23)26-25/h1-18,26H. The van der Waals surface area contributed by atoms with Gasteiger partial charge >= 0.3 is 0 Å². The summed E-state index contributed by atoms with van der Waals surface area (Å²) in [5.41, 5.74) is 4.53. The second-order valence-electron chi connectivity index (χ2n) is 6.75. The lowest BCUT2D eigenvalue weighted by Gasteiger charge is -2.37. The lowest BCUT2D eigenvalue weighted by atomic mass is 9.79. The van der Waals surface area contributed by atoms with E-state index in [0.29, 0.717) is 0 Å². The molecule has 0 radical (unpaired) electrons. The van der Waals surface area contributed by atoms with E-state index in [2.05, 4.69) is 115 Å². The van der Waals surface area contributed by atoms with Crippen LogP contribution in [0.1, 0.15) is 16.7 Å². The molecule has 1 nitrogen and oxygen atoms in total. The average molecular weight is 333 g/mol.